The molecule has 1 heterocycles. The van der Waals surface area contributed by atoms with Gasteiger partial charge >= 0.3 is 0 Å². The Hall–Kier alpha value is -2.61. The lowest BCUT2D eigenvalue weighted by Crippen LogP contribution is -2.25. The number of aromatic nitrogens is 1. The van der Waals surface area contributed by atoms with Crippen molar-refractivity contribution in [2.75, 3.05) is 11.9 Å². The Bertz CT molecular complexity index is 989. The number of hydrogen-bond acceptors (Lipinski definition) is 3. The molecule has 0 saturated heterocycles. The number of halogens is 1. The number of carbonyl (C=O) groups excluding carboxylic acids is 1. The first-order valence-electron chi connectivity index (χ1n) is 9.01. The van der Waals surface area contributed by atoms with E-state index in [0.717, 1.165) is 31.9 Å². The lowest BCUT2D eigenvalue weighted by atomic mass is 10.2. The zero-order valence-corrected chi connectivity index (χ0v) is 18.3. The molecule has 0 radical (unpaired) electrons. The molecule has 1 aromatic heterocycles. The molecule has 0 bridgehead atoms. The van der Waals surface area contributed by atoms with Crippen LogP contribution in [0.25, 0.3) is 5.69 Å². The van der Waals surface area contributed by atoms with Crippen LogP contribution in [0.3, 0.4) is 0 Å². The number of amides is 1. The van der Waals surface area contributed by atoms with E-state index < -0.39 is 0 Å². The molecule has 0 saturated carbocycles. The highest BCUT2D eigenvalue weighted by Gasteiger charge is 2.09. The molecule has 0 fully saturated rings. The summed E-state index contributed by atoms with van der Waals surface area (Å²) in [5, 5.41) is 7.19. The lowest BCUT2D eigenvalue weighted by Gasteiger charge is -2.09. The van der Waals surface area contributed by atoms with E-state index in [1.807, 2.05) is 31.2 Å². The van der Waals surface area contributed by atoms with Gasteiger partial charge in [0.05, 0.1) is 12.8 Å². The van der Waals surface area contributed by atoms with Crippen LogP contribution in [0.5, 0.6) is 0 Å². The van der Waals surface area contributed by atoms with Crippen LogP contribution in [0.2, 0.25) is 0 Å². The van der Waals surface area contributed by atoms with Crippen LogP contribution in [-0.2, 0) is 4.79 Å². The number of carbonyl (C=O) groups is 1. The molecule has 28 heavy (non-hydrogen) atoms. The van der Waals surface area contributed by atoms with Gasteiger partial charge in [-0.2, -0.15) is 5.10 Å². The average molecular weight is 486 g/mol. The molecular weight excluding hydrogens is 463 g/mol. The summed E-state index contributed by atoms with van der Waals surface area (Å²) in [7, 11) is 0. The molecule has 5 nitrogen and oxygen atoms in total. The van der Waals surface area contributed by atoms with Gasteiger partial charge in [-0.3, -0.25) is 4.79 Å². The summed E-state index contributed by atoms with van der Waals surface area (Å²) >= 11 is 2.25. The molecule has 6 heteroatoms. The van der Waals surface area contributed by atoms with Crippen LogP contribution in [0.1, 0.15) is 22.5 Å². The SMILES string of the molecule is Cc1ccc(-n2c(C)cc(/C=N\NC(=O)CNc3ccc(I)cc3)c2C)cc1. The summed E-state index contributed by atoms with van der Waals surface area (Å²) in [6.45, 7) is 6.36. The van der Waals surface area contributed by atoms with Crippen molar-refractivity contribution in [3.63, 3.8) is 0 Å². The second kappa shape index (κ2) is 9.05. The molecule has 0 aliphatic carbocycles. The van der Waals surface area contributed by atoms with E-state index in [9.17, 15) is 4.79 Å². The van der Waals surface area contributed by atoms with Gasteiger partial charge in [-0.05, 0) is 85.8 Å². The van der Waals surface area contributed by atoms with Crippen LogP contribution in [-0.4, -0.2) is 23.2 Å². The Morgan fingerprint density at radius 1 is 1.07 bits per heavy atom. The molecule has 0 atom stereocenters. The van der Waals surface area contributed by atoms with Gasteiger partial charge in [0.15, 0.2) is 0 Å². The maximum atomic E-state index is 12.0. The van der Waals surface area contributed by atoms with E-state index in [1.165, 1.54) is 5.56 Å². The fourth-order valence-electron chi connectivity index (χ4n) is 2.97. The molecule has 3 aromatic rings. The van der Waals surface area contributed by atoms with E-state index in [2.05, 4.69) is 87.2 Å². The summed E-state index contributed by atoms with van der Waals surface area (Å²) in [6.07, 6.45) is 1.69. The topological polar surface area (TPSA) is 58.4 Å². The molecule has 0 unspecified atom stereocenters. The first-order valence-corrected chi connectivity index (χ1v) is 10.1. The van der Waals surface area contributed by atoms with Crippen molar-refractivity contribution < 1.29 is 4.79 Å². The lowest BCUT2D eigenvalue weighted by molar-refractivity contribution is -0.119. The number of anilines is 1. The Morgan fingerprint density at radius 2 is 1.75 bits per heavy atom. The second-order valence-electron chi connectivity index (χ2n) is 6.65. The van der Waals surface area contributed by atoms with Gasteiger partial charge < -0.3 is 9.88 Å². The standard InChI is InChI=1S/C22H23IN4O/c1-15-4-10-21(11-5-15)27-16(2)12-18(17(27)3)13-25-26-22(28)14-24-20-8-6-19(23)7-9-20/h4-13,24H,14H2,1-3H3,(H,26,28)/b25-13-. The maximum Gasteiger partial charge on any atom is 0.259 e. The third-order valence-electron chi connectivity index (χ3n) is 4.45. The molecule has 144 valence electrons. The summed E-state index contributed by atoms with van der Waals surface area (Å²) in [5.41, 5.74) is 9.00. The van der Waals surface area contributed by atoms with Crippen LogP contribution in [0.4, 0.5) is 5.69 Å². The Labute approximate surface area is 179 Å². The molecule has 2 aromatic carbocycles. The summed E-state index contributed by atoms with van der Waals surface area (Å²) in [6, 6.07) is 18.3. The van der Waals surface area contributed by atoms with E-state index in [-0.39, 0.29) is 12.5 Å². The van der Waals surface area contributed by atoms with Crippen molar-refractivity contribution in [1.82, 2.24) is 9.99 Å². The summed E-state index contributed by atoms with van der Waals surface area (Å²) in [4.78, 5) is 12.0. The zero-order valence-electron chi connectivity index (χ0n) is 16.2. The van der Waals surface area contributed by atoms with Crippen LogP contribution >= 0.6 is 22.6 Å². The van der Waals surface area contributed by atoms with Gasteiger partial charge in [-0.1, -0.05) is 17.7 Å². The minimum atomic E-state index is -0.192. The minimum Gasteiger partial charge on any atom is -0.376 e. The number of aryl methyl sites for hydroxylation is 2. The number of nitrogens with one attached hydrogen (secondary N) is 2. The highest BCUT2D eigenvalue weighted by molar-refractivity contribution is 14.1. The molecular formula is C22H23IN4O. The molecule has 3 rings (SSSR count). The molecule has 0 spiro atoms. The Morgan fingerprint density at radius 3 is 2.43 bits per heavy atom. The summed E-state index contributed by atoms with van der Waals surface area (Å²) in [5.74, 6) is -0.192. The maximum absolute atomic E-state index is 12.0. The van der Waals surface area contributed by atoms with Crippen molar-refractivity contribution in [2.24, 2.45) is 5.10 Å². The normalized spacial score (nSPS) is 11.0. The van der Waals surface area contributed by atoms with Crippen molar-refractivity contribution in [1.29, 1.82) is 0 Å². The number of hydrazone groups is 1. The van der Waals surface area contributed by atoms with Gasteiger partial charge in [-0.25, -0.2) is 5.43 Å². The molecule has 2 N–H and O–H groups in total. The second-order valence-corrected chi connectivity index (χ2v) is 7.90. The molecule has 0 aliphatic heterocycles. The van der Waals surface area contributed by atoms with Crippen molar-refractivity contribution in [2.45, 2.75) is 20.8 Å². The van der Waals surface area contributed by atoms with E-state index >= 15 is 0 Å². The van der Waals surface area contributed by atoms with E-state index in [0.29, 0.717) is 0 Å². The van der Waals surface area contributed by atoms with Gasteiger partial charge in [-0.15, -0.1) is 0 Å². The van der Waals surface area contributed by atoms with Crippen molar-refractivity contribution in [3.05, 3.63) is 80.7 Å². The number of nitrogens with zero attached hydrogens (tertiary/aromatic N) is 2. The van der Waals surface area contributed by atoms with Crippen LogP contribution < -0.4 is 10.7 Å². The van der Waals surface area contributed by atoms with Crippen molar-refractivity contribution >= 4 is 40.4 Å². The molecule has 0 aliphatic rings. The van der Waals surface area contributed by atoms with Gasteiger partial charge in [0.2, 0.25) is 0 Å². The van der Waals surface area contributed by atoms with Crippen LogP contribution in [0.15, 0.2) is 59.7 Å². The highest BCUT2D eigenvalue weighted by atomic mass is 127. The first kappa shape index (κ1) is 20.1. The predicted molar refractivity (Wildman–Crippen MR) is 123 cm³/mol. The van der Waals surface area contributed by atoms with Gasteiger partial charge in [0.25, 0.3) is 5.91 Å². The van der Waals surface area contributed by atoms with E-state index in [1.54, 1.807) is 6.21 Å². The first-order chi connectivity index (χ1) is 13.4. The third-order valence-corrected chi connectivity index (χ3v) is 5.17. The zero-order chi connectivity index (χ0) is 20.1. The fraction of sp³-hybridized carbons (Fsp3) is 0.182. The van der Waals surface area contributed by atoms with E-state index in [4.69, 9.17) is 0 Å². The Kier molecular flexibility index (Phi) is 6.51. The molecule has 1 amide bonds. The minimum absolute atomic E-state index is 0.167. The van der Waals surface area contributed by atoms with Gasteiger partial charge in [0.1, 0.15) is 0 Å². The van der Waals surface area contributed by atoms with Crippen LogP contribution in [0, 0.1) is 24.3 Å². The monoisotopic (exact) mass is 486 g/mol. The highest BCUT2D eigenvalue weighted by Crippen LogP contribution is 2.20. The third kappa shape index (κ3) is 5.01. The smallest absolute Gasteiger partial charge is 0.259 e. The quantitative estimate of drug-likeness (QED) is 0.305. The number of hydrogen-bond donors (Lipinski definition) is 2. The number of benzene rings is 2. The largest absolute Gasteiger partial charge is 0.376 e. The summed E-state index contributed by atoms with van der Waals surface area (Å²) < 4.78 is 3.33. The average Bonchev–Trinajstić information content (AvgIpc) is 2.96. The van der Waals surface area contributed by atoms with Gasteiger partial charge in [0, 0.05) is 31.9 Å². The predicted octanol–water partition coefficient (Wildman–Crippen LogP) is 4.57. The van der Waals surface area contributed by atoms with Crippen molar-refractivity contribution in [3.8, 4) is 5.69 Å². The Balaban J connectivity index is 1.61. The fourth-order valence-corrected chi connectivity index (χ4v) is 3.33. The number of rotatable bonds is 6.